The van der Waals surface area contributed by atoms with Gasteiger partial charge >= 0.3 is 21.7 Å². The first-order chi connectivity index (χ1) is 16.2. The number of hydrogen-bond acceptors (Lipinski definition) is 1. The molecule has 1 atom stereocenters. The fraction of sp³-hybridized carbons (Fsp3) is 0.424. The standard InChI is InChI=1S/C18H13.C13H25NO.2CH3.2ClH.Si.Ti/c1-12-10-11-17-15-8-3-2-6-13(15)14-7-4-5-9-16(14)18(12)17;14-13(15)12-10-8-6-4-2-1-3-5-7-9-11-12;;;;;;/h2-8,10-12H,1H3;12H,1-11H2,(H2,14,15);2*1H3;2*1H;;/q-1;;2*-1;;;;+2/p-3. The summed E-state index contributed by atoms with van der Waals surface area (Å²) in [5, 5.41) is 5.30. The van der Waals surface area contributed by atoms with Gasteiger partial charge in [-0.3, -0.25) is 0 Å². The number of rotatable bonds is 1. The first kappa shape index (κ1) is 42.4. The van der Waals surface area contributed by atoms with Gasteiger partial charge in [-0.25, -0.2) is 0 Å². The molecule has 2 nitrogen and oxygen atoms in total. The van der Waals surface area contributed by atoms with Crippen molar-refractivity contribution in [2.45, 2.75) is 83.5 Å². The van der Waals surface area contributed by atoms with Crippen LogP contribution in [0.1, 0.15) is 94.6 Å². The summed E-state index contributed by atoms with van der Waals surface area (Å²) in [5.41, 5.74) is 10.0. The summed E-state index contributed by atoms with van der Waals surface area (Å²) in [5.74, 6) is 0.210. The van der Waals surface area contributed by atoms with Gasteiger partial charge in [0.05, 0.1) is 5.91 Å². The van der Waals surface area contributed by atoms with E-state index in [1.54, 1.807) is 0 Å². The minimum Gasteiger partial charge on any atom is -1.00 e. The van der Waals surface area contributed by atoms with Crippen LogP contribution in [0.4, 0.5) is 0 Å². The Morgan fingerprint density at radius 3 is 1.82 bits per heavy atom. The van der Waals surface area contributed by atoms with E-state index in [0.717, 1.165) is 25.7 Å². The van der Waals surface area contributed by atoms with Gasteiger partial charge in [-0.15, -0.1) is 40.6 Å². The second kappa shape index (κ2) is 21.6. The van der Waals surface area contributed by atoms with Crippen molar-refractivity contribution >= 4 is 44.5 Å². The van der Waals surface area contributed by atoms with Crippen LogP contribution in [-0.4, -0.2) is 16.9 Å². The Hall–Kier alpha value is -1.10. The maximum Gasteiger partial charge on any atom is 2.00 e. The molecule has 0 aliphatic heterocycles. The van der Waals surface area contributed by atoms with E-state index >= 15 is 0 Å². The van der Waals surface area contributed by atoms with Crippen molar-refractivity contribution in [2.24, 2.45) is 5.92 Å². The van der Waals surface area contributed by atoms with Gasteiger partial charge < -0.3 is 50.2 Å². The first-order valence-electron chi connectivity index (χ1n) is 13.0. The van der Waals surface area contributed by atoms with Crippen LogP contribution in [0.5, 0.6) is 0 Å². The zero-order chi connectivity index (χ0) is 23.0. The van der Waals surface area contributed by atoms with E-state index in [0.29, 0.717) is 5.92 Å². The summed E-state index contributed by atoms with van der Waals surface area (Å²) in [6.07, 6.45) is 18.0. The van der Waals surface area contributed by atoms with Gasteiger partial charge in [0.15, 0.2) is 0 Å². The molecule has 0 spiro atoms. The van der Waals surface area contributed by atoms with E-state index < -0.39 is 0 Å². The summed E-state index contributed by atoms with van der Waals surface area (Å²) in [4.78, 5) is 11.1. The number of halogens is 2. The molecule has 2 aliphatic carbocycles. The van der Waals surface area contributed by atoms with E-state index in [-0.39, 0.29) is 84.2 Å². The van der Waals surface area contributed by atoms with E-state index in [4.69, 9.17) is 5.73 Å². The monoisotopic (exact) mass is 615 g/mol. The molecule has 1 amide bonds. The van der Waals surface area contributed by atoms with Gasteiger partial charge in [-0.2, -0.15) is 0 Å². The van der Waals surface area contributed by atoms with Gasteiger partial charge in [-0.1, -0.05) is 112 Å². The molecule has 1 saturated carbocycles. The Bertz CT molecular complexity index is 1130. The van der Waals surface area contributed by atoms with Crippen molar-refractivity contribution in [3.8, 4) is 0 Å². The van der Waals surface area contributed by atoms with Crippen LogP contribution in [-0.2, 0) is 26.5 Å². The third kappa shape index (κ3) is 11.0. The molecule has 0 saturated heterocycles. The first-order valence-corrected chi connectivity index (χ1v) is 13.0. The smallest absolute Gasteiger partial charge is 1.00 e. The van der Waals surface area contributed by atoms with Crippen LogP contribution in [0.3, 0.4) is 0 Å². The van der Waals surface area contributed by atoms with Crippen molar-refractivity contribution in [3.63, 3.8) is 0 Å². The molecular formula is C33H43Cl2NOSiTi-4. The van der Waals surface area contributed by atoms with Crippen LogP contribution >= 0.6 is 0 Å². The van der Waals surface area contributed by atoms with Crippen LogP contribution < -0.4 is 24.8 Å². The molecular weight excluding hydrogens is 573 g/mol. The number of hydrogen-bond donors (Lipinski definition) is 0. The predicted octanol–water partition coefficient (Wildman–Crippen LogP) is 3.93. The van der Waals surface area contributed by atoms with E-state index in [1.165, 1.54) is 77.6 Å². The Morgan fingerprint density at radius 2 is 1.28 bits per heavy atom. The molecule has 0 bridgehead atoms. The van der Waals surface area contributed by atoms with E-state index in [2.05, 4.69) is 61.5 Å². The van der Waals surface area contributed by atoms with E-state index in [1.807, 2.05) is 6.07 Å². The van der Waals surface area contributed by atoms with Crippen molar-refractivity contribution in [3.05, 3.63) is 86.3 Å². The summed E-state index contributed by atoms with van der Waals surface area (Å²) in [7, 11) is 0. The number of allylic oxidation sites excluding steroid dienone is 1. The van der Waals surface area contributed by atoms with Crippen molar-refractivity contribution in [1.82, 2.24) is 0 Å². The van der Waals surface area contributed by atoms with Gasteiger partial charge in [0.25, 0.3) is 0 Å². The SMILES string of the molecule is CC1C=Cc2c1c1[c-]cccc1c1ccccc21.[CH3-].[CH3-].[Cl-].[Cl-].[NH-]C(=O)C1CCCCCCCCCCC1.[Si].[Ti+2]. The second-order valence-corrected chi connectivity index (χ2v) is 9.80. The van der Waals surface area contributed by atoms with Gasteiger partial charge in [0, 0.05) is 16.9 Å². The van der Waals surface area contributed by atoms with E-state index in [9.17, 15) is 4.79 Å². The number of fused-ring (bicyclic) bond motifs is 6. The van der Waals surface area contributed by atoms with Crippen LogP contribution in [0.25, 0.3) is 33.4 Å². The molecule has 5 rings (SSSR count). The number of carbonyl (C=O) groups excluding carboxylic acids is 1. The van der Waals surface area contributed by atoms with Crippen LogP contribution in [0.15, 0.2) is 48.5 Å². The molecule has 3 aromatic rings. The van der Waals surface area contributed by atoms with Crippen LogP contribution in [0.2, 0.25) is 0 Å². The zero-order valence-corrected chi connectivity index (χ0v) is 27.9. The topological polar surface area (TPSA) is 40.9 Å². The van der Waals surface area contributed by atoms with Gasteiger partial charge in [0.1, 0.15) is 0 Å². The molecule has 39 heavy (non-hydrogen) atoms. The van der Waals surface area contributed by atoms with Crippen LogP contribution in [0, 0.1) is 26.8 Å². The Balaban J connectivity index is -0.000000585. The Morgan fingerprint density at radius 1 is 0.795 bits per heavy atom. The maximum absolute atomic E-state index is 11.1. The summed E-state index contributed by atoms with van der Waals surface area (Å²) >= 11 is 0. The second-order valence-electron chi connectivity index (χ2n) is 9.80. The molecule has 1 fully saturated rings. The fourth-order valence-electron chi connectivity index (χ4n) is 5.53. The Kier molecular flexibility index (Phi) is 23.5. The molecule has 0 aromatic heterocycles. The van der Waals surface area contributed by atoms with Gasteiger partial charge in [0.2, 0.25) is 0 Å². The number of amides is 1. The number of benzene rings is 3. The molecule has 0 heterocycles. The minimum absolute atomic E-state index is 0. The predicted molar refractivity (Wildman–Crippen MR) is 160 cm³/mol. The Labute approximate surface area is 270 Å². The summed E-state index contributed by atoms with van der Waals surface area (Å²) in [6.45, 7) is 2.26. The van der Waals surface area contributed by atoms with Gasteiger partial charge in [-0.05, 0) is 24.1 Å². The molecule has 1 unspecified atom stereocenters. The number of carbonyl (C=O) groups is 1. The molecule has 4 radical (unpaired) electrons. The van der Waals surface area contributed by atoms with Crippen molar-refractivity contribution in [2.75, 3.05) is 0 Å². The van der Waals surface area contributed by atoms with Crippen molar-refractivity contribution < 1.29 is 51.3 Å². The molecule has 2 aliphatic rings. The fourth-order valence-corrected chi connectivity index (χ4v) is 5.53. The third-order valence-corrected chi connectivity index (χ3v) is 7.41. The maximum atomic E-state index is 11.1. The largest absolute Gasteiger partial charge is 2.00 e. The normalized spacial score (nSPS) is 16.8. The van der Waals surface area contributed by atoms with Crippen molar-refractivity contribution in [1.29, 1.82) is 0 Å². The molecule has 3 aromatic carbocycles. The molecule has 212 valence electrons. The summed E-state index contributed by atoms with van der Waals surface area (Å²) in [6, 6.07) is 18.4. The quantitative estimate of drug-likeness (QED) is 0.232. The third-order valence-electron chi connectivity index (χ3n) is 7.41. The minimum atomic E-state index is -0.327. The molecule has 6 heteroatoms. The zero-order valence-electron chi connectivity index (χ0n) is 23.8. The summed E-state index contributed by atoms with van der Waals surface area (Å²) < 4.78 is 0. The number of nitrogens with one attached hydrogen (secondary N) is 1. The average molecular weight is 617 g/mol. The average Bonchev–Trinajstić information content (AvgIpc) is 3.22. The molecule has 1 N–H and O–H groups in total.